The molecule has 1 amide bonds. The zero-order valence-electron chi connectivity index (χ0n) is 10.8. The molecule has 0 unspecified atom stereocenters. The topological polar surface area (TPSA) is 78.4 Å². The molecule has 5 nitrogen and oxygen atoms in total. The minimum atomic E-state index is -1.06. The van der Waals surface area contributed by atoms with Gasteiger partial charge in [0, 0.05) is 13.0 Å². The summed E-state index contributed by atoms with van der Waals surface area (Å²) in [5.41, 5.74) is 1.98. The number of carbonyl (C=O) groups is 2. The Morgan fingerprint density at radius 1 is 1.32 bits per heavy atom. The van der Waals surface area contributed by atoms with E-state index in [1.54, 1.807) is 0 Å². The Kier molecular flexibility index (Phi) is 5.75. The molecule has 102 valence electrons. The molecular weight excluding hydrogens is 244 g/mol. The third-order valence-electron chi connectivity index (χ3n) is 2.64. The van der Waals surface area contributed by atoms with Gasteiger partial charge in [-0.1, -0.05) is 30.8 Å². The third-order valence-corrected chi connectivity index (χ3v) is 2.64. The van der Waals surface area contributed by atoms with Crippen molar-refractivity contribution in [2.24, 2.45) is 0 Å². The van der Waals surface area contributed by atoms with E-state index in [0.29, 0.717) is 0 Å². The van der Waals surface area contributed by atoms with Crippen LogP contribution in [0, 0.1) is 0 Å². The van der Waals surface area contributed by atoms with E-state index < -0.39 is 17.9 Å². The van der Waals surface area contributed by atoms with Gasteiger partial charge in [0.15, 0.2) is 0 Å². The summed E-state index contributed by atoms with van der Waals surface area (Å²) in [4.78, 5) is 22.2. The van der Waals surface area contributed by atoms with Crippen molar-refractivity contribution in [2.75, 3.05) is 7.05 Å². The molecule has 0 saturated carbocycles. The Labute approximate surface area is 112 Å². The summed E-state index contributed by atoms with van der Waals surface area (Å²) in [6.07, 6.45) is 1.31. The molecule has 3 N–H and O–H groups in total. The molecule has 19 heavy (non-hydrogen) atoms. The summed E-state index contributed by atoms with van der Waals surface area (Å²) in [7, 11) is 1.86. The molecule has 1 rings (SSSR count). The van der Waals surface area contributed by atoms with E-state index in [2.05, 4.69) is 17.2 Å². The first-order chi connectivity index (χ1) is 9.06. The van der Waals surface area contributed by atoms with E-state index in [1.807, 2.05) is 31.3 Å². The second kappa shape index (κ2) is 7.33. The Bertz CT molecular complexity index is 454. The molecule has 0 aromatic heterocycles. The second-order valence-electron chi connectivity index (χ2n) is 4.15. The minimum Gasteiger partial charge on any atom is -0.480 e. The highest BCUT2D eigenvalue weighted by Crippen LogP contribution is 2.07. The maximum absolute atomic E-state index is 11.2. The van der Waals surface area contributed by atoms with Gasteiger partial charge in [-0.25, -0.2) is 4.79 Å². The first-order valence-corrected chi connectivity index (χ1v) is 5.95. The number of amides is 1. The van der Waals surface area contributed by atoms with Gasteiger partial charge in [-0.3, -0.25) is 4.79 Å². The van der Waals surface area contributed by atoms with Crippen LogP contribution in [0.4, 0.5) is 0 Å². The third kappa shape index (κ3) is 4.93. The molecule has 0 saturated heterocycles. The maximum Gasteiger partial charge on any atom is 0.326 e. The monoisotopic (exact) mass is 262 g/mol. The predicted octanol–water partition coefficient (Wildman–Crippen LogP) is 0.704. The van der Waals surface area contributed by atoms with Gasteiger partial charge in [-0.15, -0.1) is 0 Å². The predicted molar refractivity (Wildman–Crippen MR) is 72.7 cm³/mol. The fraction of sp³-hybridized carbons (Fsp3) is 0.286. The Hall–Kier alpha value is -2.14. The van der Waals surface area contributed by atoms with E-state index in [0.717, 1.165) is 23.7 Å². The van der Waals surface area contributed by atoms with Crippen molar-refractivity contribution < 1.29 is 14.7 Å². The molecule has 1 aromatic carbocycles. The fourth-order valence-electron chi connectivity index (χ4n) is 1.66. The van der Waals surface area contributed by atoms with Gasteiger partial charge in [0.05, 0.1) is 0 Å². The van der Waals surface area contributed by atoms with E-state index in [9.17, 15) is 9.59 Å². The number of hydrogen-bond acceptors (Lipinski definition) is 3. The first-order valence-electron chi connectivity index (χ1n) is 5.95. The highest BCUT2D eigenvalue weighted by atomic mass is 16.4. The largest absolute Gasteiger partial charge is 0.480 e. The SMILES string of the molecule is C=CC(=O)N[C@@H](Cc1ccc(CNC)cc1)C(=O)O. The molecule has 0 spiro atoms. The zero-order valence-corrected chi connectivity index (χ0v) is 10.8. The van der Waals surface area contributed by atoms with Crippen LogP contribution >= 0.6 is 0 Å². The molecule has 1 atom stereocenters. The number of aliphatic carboxylic acids is 1. The number of benzene rings is 1. The lowest BCUT2D eigenvalue weighted by Crippen LogP contribution is -2.41. The molecule has 1 aromatic rings. The Balaban J connectivity index is 2.70. The number of nitrogens with one attached hydrogen (secondary N) is 2. The van der Waals surface area contributed by atoms with Crippen LogP contribution in [-0.2, 0) is 22.6 Å². The minimum absolute atomic E-state index is 0.245. The number of carbonyl (C=O) groups excluding carboxylic acids is 1. The van der Waals surface area contributed by atoms with Gasteiger partial charge in [0.2, 0.25) is 5.91 Å². The number of carboxylic acids is 1. The summed E-state index contributed by atoms with van der Waals surface area (Å²) in [5, 5.41) is 14.5. The Morgan fingerprint density at radius 2 is 1.89 bits per heavy atom. The van der Waals surface area contributed by atoms with E-state index >= 15 is 0 Å². The highest BCUT2D eigenvalue weighted by Gasteiger charge is 2.19. The molecule has 0 radical (unpaired) electrons. The number of hydrogen-bond donors (Lipinski definition) is 3. The average Bonchev–Trinajstić information content (AvgIpc) is 2.40. The molecule has 5 heteroatoms. The lowest BCUT2D eigenvalue weighted by molar-refractivity contribution is -0.141. The van der Waals surface area contributed by atoms with Gasteiger partial charge in [0.1, 0.15) is 6.04 Å². The highest BCUT2D eigenvalue weighted by molar-refractivity contribution is 5.90. The molecule has 0 fully saturated rings. The summed E-state index contributed by atoms with van der Waals surface area (Å²) in [5.74, 6) is -1.55. The van der Waals surface area contributed by atoms with E-state index in [4.69, 9.17) is 5.11 Å². The van der Waals surface area contributed by atoms with Crippen LogP contribution < -0.4 is 10.6 Å². The summed E-state index contributed by atoms with van der Waals surface area (Å²) >= 11 is 0. The van der Waals surface area contributed by atoms with Crippen LogP contribution in [0.2, 0.25) is 0 Å². The second-order valence-corrected chi connectivity index (χ2v) is 4.15. The van der Waals surface area contributed by atoms with Crippen molar-refractivity contribution in [2.45, 2.75) is 19.0 Å². The standard InChI is InChI=1S/C14H18N2O3/c1-3-13(17)16-12(14(18)19)8-10-4-6-11(7-5-10)9-15-2/h3-7,12,15H,1,8-9H2,2H3,(H,16,17)(H,18,19)/t12-/m0/s1. The number of carboxylic acid groups (broad SMARTS) is 1. The number of rotatable bonds is 7. The zero-order chi connectivity index (χ0) is 14.3. The van der Waals surface area contributed by atoms with Crippen LogP contribution in [-0.4, -0.2) is 30.1 Å². The average molecular weight is 262 g/mol. The van der Waals surface area contributed by atoms with E-state index in [1.165, 1.54) is 0 Å². The lowest BCUT2D eigenvalue weighted by atomic mass is 10.0. The normalized spacial score (nSPS) is 11.6. The van der Waals surface area contributed by atoms with E-state index in [-0.39, 0.29) is 6.42 Å². The van der Waals surface area contributed by atoms with Crippen LogP contribution in [0.1, 0.15) is 11.1 Å². The van der Waals surface area contributed by atoms with Gasteiger partial charge < -0.3 is 15.7 Å². The molecule has 0 heterocycles. The van der Waals surface area contributed by atoms with Crippen molar-refractivity contribution in [1.29, 1.82) is 0 Å². The molecule has 0 aliphatic rings. The van der Waals surface area contributed by atoms with Crippen molar-refractivity contribution >= 4 is 11.9 Å². The van der Waals surface area contributed by atoms with Crippen molar-refractivity contribution in [3.05, 3.63) is 48.0 Å². The van der Waals surface area contributed by atoms with Gasteiger partial charge in [-0.05, 0) is 24.3 Å². The quantitative estimate of drug-likeness (QED) is 0.632. The van der Waals surface area contributed by atoms with Crippen LogP contribution in [0.3, 0.4) is 0 Å². The van der Waals surface area contributed by atoms with Crippen molar-refractivity contribution in [3.63, 3.8) is 0 Å². The van der Waals surface area contributed by atoms with Gasteiger partial charge in [0.25, 0.3) is 0 Å². The van der Waals surface area contributed by atoms with Crippen LogP contribution in [0.15, 0.2) is 36.9 Å². The fourth-order valence-corrected chi connectivity index (χ4v) is 1.66. The summed E-state index contributed by atoms with van der Waals surface area (Å²) in [6.45, 7) is 4.06. The summed E-state index contributed by atoms with van der Waals surface area (Å²) < 4.78 is 0. The van der Waals surface area contributed by atoms with Crippen molar-refractivity contribution in [3.8, 4) is 0 Å². The van der Waals surface area contributed by atoms with Gasteiger partial charge in [-0.2, -0.15) is 0 Å². The molecule has 0 bridgehead atoms. The smallest absolute Gasteiger partial charge is 0.326 e. The van der Waals surface area contributed by atoms with Gasteiger partial charge >= 0.3 is 5.97 Å². The summed E-state index contributed by atoms with van der Waals surface area (Å²) in [6, 6.07) is 6.64. The van der Waals surface area contributed by atoms with Crippen LogP contribution in [0.25, 0.3) is 0 Å². The molecule has 0 aliphatic carbocycles. The molecular formula is C14H18N2O3. The first kappa shape index (κ1) is 14.9. The van der Waals surface area contributed by atoms with Crippen LogP contribution in [0.5, 0.6) is 0 Å². The lowest BCUT2D eigenvalue weighted by Gasteiger charge is -2.13. The Morgan fingerprint density at radius 3 is 2.37 bits per heavy atom. The molecule has 0 aliphatic heterocycles. The maximum atomic E-state index is 11.2. The van der Waals surface area contributed by atoms with Crippen molar-refractivity contribution in [1.82, 2.24) is 10.6 Å².